The lowest BCUT2D eigenvalue weighted by atomic mass is 9.80. The highest BCUT2D eigenvalue weighted by Crippen LogP contribution is 2.30. The number of hydrogen-bond acceptors (Lipinski definition) is 6. The number of anilines is 2. The molecule has 0 saturated heterocycles. The summed E-state index contributed by atoms with van der Waals surface area (Å²) in [7, 11) is 3.34. The van der Waals surface area contributed by atoms with Gasteiger partial charge in [0.05, 0.1) is 7.11 Å². The first-order chi connectivity index (χ1) is 9.10. The van der Waals surface area contributed by atoms with Crippen molar-refractivity contribution in [2.45, 2.75) is 39.2 Å². The largest absolute Gasteiger partial charge is 0.467 e. The maximum atomic E-state index is 5.09. The van der Waals surface area contributed by atoms with Gasteiger partial charge in [-0.05, 0) is 31.1 Å². The average molecular weight is 265 g/mol. The summed E-state index contributed by atoms with van der Waals surface area (Å²) in [5, 5.41) is 6.32. The normalized spacial score (nSPS) is 26.8. The predicted molar refractivity (Wildman–Crippen MR) is 75.5 cm³/mol. The summed E-state index contributed by atoms with van der Waals surface area (Å²) < 4.78 is 5.09. The molecule has 0 aromatic carbocycles. The highest BCUT2D eigenvalue weighted by molar-refractivity contribution is 5.36. The molecule has 1 fully saturated rings. The van der Waals surface area contributed by atoms with E-state index in [1.54, 1.807) is 14.2 Å². The van der Waals surface area contributed by atoms with Crippen LogP contribution in [0, 0.1) is 11.8 Å². The molecule has 1 aromatic rings. The van der Waals surface area contributed by atoms with Gasteiger partial charge in [0, 0.05) is 13.1 Å². The molecule has 2 atom stereocenters. The monoisotopic (exact) mass is 265 g/mol. The third-order valence-corrected chi connectivity index (χ3v) is 3.53. The number of aromatic nitrogens is 3. The van der Waals surface area contributed by atoms with E-state index in [4.69, 9.17) is 4.74 Å². The number of nitrogens with zero attached hydrogens (tertiary/aromatic N) is 3. The van der Waals surface area contributed by atoms with Gasteiger partial charge >= 0.3 is 6.01 Å². The Balaban J connectivity index is 2.09. The Kier molecular flexibility index (Phi) is 4.39. The molecule has 1 saturated carbocycles. The van der Waals surface area contributed by atoms with E-state index in [0.717, 1.165) is 24.7 Å². The lowest BCUT2D eigenvalue weighted by Gasteiger charge is -2.31. The van der Waals surface area contributed by atoms with E-state index in [2.05, 4.69) is 39.4 Å². The number of methoxy groups -OCH3 is 1. The average Bonchev–Trinajstić information content (AvgIpc) is 2.37. The maximum absolute atomic E-state index is 5.09. The van der Waals surface area contributed by atoms with Crippen LogP contribution in [0.1, 0.15) is 33.1 Å². The fraction of sp³-hybridized carbons (Fsp3) is 0.769. The summed E-state index contributed by atoms with van der Waals surface area (Å²) in [6, 6.07) is 0.759. The fourth-order valence-corrected chi connectivity index (χ4v) is 2.87. The van der Waals surface area contributed by atoms with Gasteiger partial charge in [0.2, 0.25) is 11.9 Å². The molecule has 0 aliphatic heterocycles. The summed E-state index contributed by atoms with van der Waals surface area (Å²) in [6.07, 6.45) is 3.63. The Morgan fingerprint density at radius 1 is 1.00 bits per heavy atom. The molecule has 19 heavy (non-hydrogen) atoms. The molecule has 0 radical (unpaired) electrons. The second-order valence-corrected chi connectivity index (χ2v) is 5.48. The Bertz CT molecular complexity index is 393. The summed E-state index contributed by atoms with van der Waals surface area (Å²) in [4.78, 5) is 12.7. The second-order valence-electron chi connectivity index (χ2n) is 5.48. The van der Waals surface area contributed by atoms with Crippen molar-refractivity contribution in [2.75, 3.05) is 24.8 Å². The minimum absolute atomic E-state index is 0.332. The van der Waals surface area contributed by atoms with Crippen LogP contribution in [0.5, 0.6) is 6.01 Å². The molecule has 0 spiro atoms. The first kappa shape index (κ1) is 13.8. The zero-order valence-electron chi connectivity index (χ0n) is 12.1. The van der Waals surface area contributed by atoms with Gasteiger partial charge in [-0.2, -0.15) is 15.0 Å². The van der Waals surface area contributed by atoms with Crippen LogP contribution in [-0.2, 0) is 0 Å². The molecule has 2 N–H and O–H groups in total. The molecule has 1 aromatic heterocycles. The molecule has 6 nitrogen and oxygen atoms in total. The van der Waals surface area contributed by atoms with Crippen molar-refractivity contribution in [3.05, 3.63) is 0 Å². The Morgan fingerprint density at radius 2 is 1.63 bits per heavy atom. The first-order valence-electron chi connectivity index (χ1n) is 6.85. The summed E-state index contributed by atoms with van der Waals surface area (Å²) in [5.74, 6) is 2.59. The van der Waals surface area contributed by atoms with Gasteiger partial charge in [-0.3, -0.25) is 0 Å². The number of ether oxygens (including phenoxy) is 1. The van der Waals surface area contributed by atoms with Gasteiger partial charge in [0.1, 0.15) is 0 Å². The van der Waals surface area contributed by atoms with Crippen molar-refractivity contribution in [1.29, 1.82) is 0 Å². The molecule has 106 valence electrons. The van der Waals surface area contributed by atoms with Gasteiger partial charge in [0.15, 0.2) is 0 Å². The van der Waals surface area contributed by atoms with Gasteiger partial charge < -0.3 is 15.4 Å². The van der Waals surface area contributed by atoms with Crippen LogP contribution < -0.4 is 15.4 Å². The smallest absolute Gasteiger partial charge is 0.322 e. The van der Waals surface area contributed by atoms with E-state index in [-0.39, 0.29) is 0 Å². The van der Waals surface area contributed by atoms with E-state index >= 15 is 0 Å². The van der Waals surface area contributed by atoms with Gasteiger partial charge in [-0.25, -0.2) is 0 Å². The molecule has 1 aliphatic rings. The quantitative estimate of drug-likeness (QED) is 0.869. The standard InChI is InChI=1S/C13H23N5O/c1-8-5-9(2)7-10(6-8)15-12-16-11(14-3)17-13(18-12)19-4/h8-10H,5-7H2,1-4H3,(H2,14,15,16,17,18). The van der Waals surface area contributed by atoms with Crippen molar-refractivity contribution in [1.82, 2.24) is 15.0 Å². The van der Waals surface area contributed by atoms with Crippen molar-refractivity contribution < 1.29 is 4.74 Å². The lowest BCUT2D eigenvalue weighted by molar-refractivity contribution is 0.280. The Labute approximate surface area is 114 Å². The molecule has 6 heteroatoms. The van der Waals surface area contributed by atoms with Crippen molar-refractivity contribution in [3.8, 4) is 6.01 Å². The highest BCUT2D eigenvalue weighted by Gasteiger charge is 2.24. The topological polar surface area (TPSA) is 72.0 Å². The number of hydrogen-bond donors (Lipinski definition) is 2. The molecule has 0 bridgehead atoms. The molecule has 1 aliphatic carbocycles. The van der Waals surface area contributed by atoms with Gasteiger partial charge in [-0.15, -0.1) is 0 Å². The zero-order valence-corrected chi connectivity index (χ0v) is 12.1. The minimum Gasteiger partial charge on any atom is -0.467 e. The summed E-state index contributed by atoms with van der Waals surface area (Å²) in [6.45, 7) is 4.61. The van der Waals surface area contributed by atoms with E-state index in [0.29, 0.717) is 23.9 Å². The first-order valence-corrected chi connectivity index (χ1v) is 6.85. The van der Waals surface area contributed by atoms with Gasteiger partial charge in [-0.1, -0.05) is 13.8 Å². The van der Waals surface area contributed by atoms with E-state index in [9.17, 15) is 0 Å². The molecule has 2 rings (SSSR count). The molecular weight excluding hydrogens is 242 g/mol. The van der Waals surface area contributed by atoms with Crippen LogP contribution in [0.2, 0.25) is 0 Å². The minimum atomic E-state index is 0.332. The maximum Gasteiger partial charge on any atom is 0.322 e. The van der Waals surface area contributed by atoms with E-state index in [1.807, 2.05) is 0 Å². The molecule has 2 unspecified atom stereocenters. The second kappa shape index (κ2) is 6.04. The fourth-order valence-electron chi connectivity index (χ4n) is 2.87. The van der Waals surface area contributed by atoms with Gasteiger partial charge in [0.25, 0.3) is 0 Å². The van der Waals surface area contributed by atoms with E-state index in [1.165, 1.54) is 6.42 Å². The van der Waals surface area contributed by atoms with Crippen molar-refractivity contribution in [3.63, 3.8) is 0 Å². The predicted octanol–water partition coefficient (Wildman–Crippen LogP) is 2.16. The van der Waals surface area contributed by atoms with Crippen LogP contribution in [0.25, 0.3) is 0 Å². The van der Waals surface area contributed by atoms with Crippen molar-refractivity contribution >= 4 is 11.9 Å². The highest BCUT2D eigenvalue weighted by atomic mass is 16.5. The molecule has 1 heterocycles. The number of nitrogens with one attached hydrogen (secondary N) is 2. The zero-order chi connectivity index (χ0) is 13.8. The van der Waals surface area contributed by atoms with Crippen molar-refractivity contribution in [2.24, 2.45) is 11.8 Å². The van der Waals surface area contributed by atoms with Crippen LogP contribution in [0.15, 0.2) is 0 Å². The van der Waals surface area contributed by atoms with Crippen LogP contribution >= 0.6 is 0 Å². The summed E-state index contributed by atoms with van der Waals surface area (Å²) >= 11 is 0. The van der Waals surface area contributed by atoms with Crippen LogP contribution in [-0.4, -0.2) is 35.2 Å². The third kappa shape index (κ3) is 3.68. The lowest BCUT2D eigenvalue weighted by Crippen LogP contribution is -2.31. The van der Waals surface area contributed by atoms with Crippen LogP contribution in [0.3, 0.4) is 0 Å². The Morgan fingerprint density at radius 3 is 2.21 bits per heavy atom. The summed E-state index contributed by atoms with van der Waals surface area (Å²) in [5.41, 5.74) is 0. The SMILES string of the molecule is CNc1nc(NC2CC(C)CC(C)C2)nc(OC)n1. The number of rotatable bonds is 4. The molecular formula is C13H23N5O. The molecule has 0 amide bonds. The van der Waals surface area contributed by atoms with E-state index < -0.39 is 0 Å². The Hall–Kier alpha value is -1.59. The third-order valence-electron chi connectivity index (χ3n) is 3.53. The van der Waals surface area contributed by atoms with Crippen LogP contribution in [0.4, 0.5) is 11.9 Å².